The van der Waals surface area contributed by atoms with E-state index in [1.807, 2.05) is 0 Å². The summed E-state index contributed by atoms with van der Waals surface area (Å²) in [4.78, 5) is 17.0. The molecule has 2 aromatic rings. The molecule has 0 saturated heterocycles. The van der Waals surface area contributed by atoms with Gasteiger partial charge in [-0.2, -0.15) is 13.2 Å². The zero-order valence-electron chi connectivity index (χ0n) is 14.1. The molecule has 6 nitrogen and oxygen atoms in total. The van der Waals surface area contributed by atoms with Crippen molar-refractivity contribution >= 4 is 29.1 Å². The van der Waals surface area contributed by atoms with Crippen LogP contribution in [0.4, 0.5) is 13.2 Å². The van der Waals surface area contributed by atoms with Crippen LogP contribution in [0.3, 0.4) is 0 Å². The van der Waals surface area contributed by atoms with Gasteiger partial charge in [0.2, 0.25) is 0 Å². The minimum Gasteiger partial charge on any atom is -0.503 e. The molecular formula is C17H13Cl2F3N2O4. The maximum absolute atomic E-state index is 12.5. The smallest absolute Gasteiger partial charge is 0.433 e. The maximum Gasteiger partial charge on any atom is 0.433 e. The lowest BCUT2D eigenvalue weighted by Crippen LogP contribution is -2.39. The van der Waals surface area contributed by atoms with Crippen molar-refractivity contribution in [2.24, 2.45) is 0 Å². The summed E-state index contributed by atoms with van der Waals surface area (Å²) in [5.41, 5.74) is -0.106. The molecule has 0 fully saturated rings. The van der Waals surface area contributed by atoms with Gasteiger partial charge in [0, 0.05) is 13.1 Å². The average molecular weight is 437 g/mol. The van der Waals surface area contributed by atoms with Crippen LogP contribution < -0.4 is 4.74 Å². The molecular weight excluding hydrogens is 424 g/mol. The van der Waals surface area contributed by atoms with Gasteiger partial charge < -0.3 is 19.8 Å². The number of phenols is 2. The molecule has 0 spiro atoms. The van der Waals surface area contributed by atoms with Crippen molar-refractivity contribution in [1.29, 1.82) is 0 Å². The molecule has 0 unspecified atom stereocenters. The fourth-order valence-electron chi connectivity index (χ4n) is 2.78. The summed E-state index contributed by atoms with van der Waals surface area (Å²) >= 11 is 12.1. The maximum atomic E-state index is 12.5. The van der Waals surface area contributed by atoms with Gasteiger partial charge in [0.05, 0.1) is 16.2 Å². The van der Waals surface area contributed by atoms with Gasteiger partial charge in [0.25, 0.3) is 5.91 Å². The molecule has 0 atom stereocenters. The first kappa shape index (κ1) is 20.3. The highest BCUT2D eigenvalue weighted by molar-refractivity contribution is 6.36. The molecule has 1 aliphatic heterocycles. The Labute approximate surface area is 167 Å². The predicted octanol–water partition coefficient (Wildman–Crippen LogP) is 3.78. The van der Waals surface area contributed by atoms with E-state index in [9.17, 15) is 28.2 Å². The van der Waals surface area contributed by atoms with E-state index in [4.69, 9.17) is 27.9 Å². The van der Waals surface area contributed by atoms with Crippen molar-refractivity contribution in [2.75, 3.05) is 13.2 Å². The number of aromatic hydroxyl groups is 2. The van der Waals surface area contributed by atoms with Crippen molar-refractivity contribution in [3.05, 3.63) is 45.2 Å². The van der Waals surface area contributed by atoms with Crippen LogP contribution in [0.2, 0.25) is 10.0 Å². The van der Waals surface area contributed by atoms with Crippen LogP contribution in [-0.2, 0) is 23.9 Å². The Hall–Kier alpha value is -2.39. The fourth-order valence-corrected chi connectivity index (χ4v) is 3.34. The molecule has 3 rings (SSSR count). The molecule has 1 aromatic carbocycles. The van der Waals surface area contributed by atoms with Gasteiger partial charge in [-0.3, -0.25) is 4.79 Å². The number of hydrogen-bond donors (Lipinski definition) is 2. The summed E-state index contributed by atoms with van der Waals surface area (Å²) in [6.07, 6.45) is -3.37. The first-order valence-electron chi connectivity index (χ1n) is 7.94. The Morgan fingerprint density at radius 2 is 1.82 bits per heavy atom. The van der Waals surface area contributed by atoms with Crippen LogP contribution in [-0.4, -0.2) is 39.2 Å². The van der Waals surface area contributed by atoms with Gasteiger partial charge >= 0.3 is 6.18 Å². The molecule has 150 valence electrons. The van der Waals surface area contributed by atoms with Crippen molar-refractivity contribution in [3.8, 4) is 17.2 Å². The third kappa shape index (κ3) is 3.90. The number of benzene rings is 1. The van der Waals surface area contributed by atoms with Crippen LogP contribution in [0.1, 0.15) is 16.8 Å². The largest absolute Gasteiger partial charge is 0.503 e. The van der Waals surface area contributed by atoms with Crippen molar-refractivity contribution in [2.45, 2.75) is 19.1 Å². The lowest BCUT2D eigenvalue weighted by atomic mass is 9.98. The lowest BCUT2D eigenvalue weighted by Gasteiger charge is -2.30. The number of fused-ring (bicyclic) bond motifs is 1. The molecule has 0 radical (unpaired) electrons. The highest BCUT2D eigenvalue weighted by Crippen LogP contribution is 2.46. The van der Waals surface area contributed by atoms with E-state index in [1.54, 1.807) is 0 Å². The average Bonchev–Trinajstić information content (AvgIpc) is 2.68. The summed E-state index contributed by atoms with van der Waals surface area (Å²) in [5, 5.41) is 19.5. The number of halogens is 5. The molecule has 0 aliphatic carbocycles. The molecule has 1 aromatic heterocycles. The minimum absolute atomic E-state index is 0.0161. The summed E-state index contributed by atoms with van der Waals surface area (Å²) < 4.78 is 42.7. The van der Waals surface area contributed by atoms with Crippen molar-refractivity contribution < 1.29 is 32.9 Å². The normalized spacial score (nSPS) is 14.0. The van der Waals surface area contributed by atoms with Gasteiger partial charge in [0.15, 0.2) is 18.1 Å². The molecule has 28 heavy (non-hydrogen) atoms. The highest BCUT2D eigenvalue weighted by Gasteiger charge is 2.32. The van der Waals surface area contributed by atoms with Crippen LogP contribution in [0.25, 0.3) is 0 Å². The molecule has 0 bridgehead atoms. The zero-order valence-corrected chi connectivity index (χ0v) is 15.6. The Kier molecular flexibility index (Phi) is 5.49. The SMILES string of the molecule is O=C(COc1ccc(C(F)(F)F)nc1)N1CCc2c(Cl)c(O)c(O)c(Cl)c2C1. The third-order valence-electron chi connectivity index (χ3n) is 4.26. The Morgan fingerprint density at radius 3 is 2.39 bits per heavy atom. The van der Waals surface area contributed by atoms with E-state index >= 15 is 0 Å². The summed E-state index contributed by atoms with van der Waals surface area (Å²) in [7, 11) is 0. The Balaban J connectivity index is 1.67. The summed E-state index contributed by atoms with van der Waals surface area (Å²) in [6.45, 7) is -0.117. The zero-order chi connectivity index (χ0) is 20.6. The number of rotatable bonds is 3. The number of hydrogen-bond acceptors (Lipinski definition) is 5. The number of phenolic OH excluding ortho intramolecular Hbond substituents is 2. The van der Waals surface area contributed by atoms with Crippen LogP contribution in [0.15, 0.2) is 18.3 Å². The predicted molar refractivity (Wildman–Crippen MR) is 93.6 cm³/mol. The number of carbonyl (C=O) groups excluding carboxylic acids is 1. The van der Waals surface area contributed by atoms with E-state index in [0.717, 1.165) is 18.3 Å². The quantitative estimate of drug-likeness (QED) is 0.715. The Morgan fingerprint density at radius 1 is 1.18 bits per heavy atom. The number of alkyl halides is 3. The second-order valence-corrected chi connectivity index (χ2v) is 6.77. The van der Waals surface area contributed by atoms with E-state index in [1.165, 1.54) is 4.90 Å². The van der Waals surface area contributed by atoms with E-state index < -0.39 is 35.9 Å². The monoisotopic (exact) mass is 436 g/mol. The lowest BCUT2D eigenvalue weighted by molar-refractivity contribution is -0.141. The van der Waals surface area contributed by atoms with Crippen molar-refractivity contribution in [1.82, 2.24) is 9.88 Å². The van der Waals surface area contributed by atoms with E-state index in [-0.39, 0.29) is 28.9 Å². The second kappa shape index (κ2) is 7.56. The number of pyridine rings is 1. The van der Waals surface area contributed by atoms with Gasteiger partial charge in [-0.1, -0.05) is 23.2 Å². The standard InChI is InChI=1S/C17H13Cl2F3N2O4/c18-13-9-3-4-24(6-10(9)14(19)16(27)15(13)26)12(25)7-28-8-1-2-11(23-5-8)17(20,21)22/h1-2,5,26-27H,3-4,6-7H2. The van der Waals surface area contributed by atoms with Gasteiger partial charge in [0.1, 0.15) is 11.4 Å². The first-order chi connectivity index (χ1) is 13.1. The minimum atomic E-state index is -4.56. The third-order valence-corrected chi connectivity index (χ3v) is 5.07. The van der Waals surface area contributed by atoms with E-state index in [0.29, 0.717) is 17.5 Å². The second-order valence-electron chi connectivity index (χ2n) is 6.01. The first-order valence-corrected chi connectivity index (χ1v) is 8.69. The van der Waals surface area contributed by atoms with Crippen molar-refractivity contribution in [3.63, 3.8) is 0 Å². The van der Waals surface area contributed by atoms with Gasteiger partial charge in [-0.25, -0.2) is 4.98 Å². The summed E-state index contributed by atoms with van der Waals surface area (Å²) in [5.74, 6) is -1.50. The molecule has 2 N–H and O–H groups in total. The van der Waals surface area contributed by atoms with Gasteiger partial charge in [-0.05, 0) is 29.7 Å². The number of amides is 1. The van der Waals surface area contributed by atoms with Gasteiger partial charge in [-0.15, -0.1) is 0 Å². The number of carbonyl (C=O) groups is 1. The number of ether oxygens (including phenoxy) is 1. The number of aromatic nitrogens is 1. The van der Waals surface area contributed by atoms with E-state index in [2.05, 4.69) is 4.98 Å². The number of nitrogens with zero attached hydrogens (tertiary/aromatic N) is 2. The molecule has 11 heteroatoms. The van der Waals surface area contributed by atoms with Crippen LogP contribution in [0.5, 0.6) is 17.2 Å². The van der Waals surface area contributed by atoms with Crippen LogP contribution in [0, 0.1) is 0 Å². The summed E-state index contributed by atoms with van der Waals surface area (Å²) in [6, 6.07) is 1.83. The molecule has 0 saturated carbocycles. The van der Waals surface area contributed by atoms with Crippen LogP contribution >= 0.6 is 23.2 Å². The Bertz CT molecular complexity index is 920. The fraction of sp³-hybridized carbons (Fsp3) is 0.294. The topological polar surface area (TPSA) is 82.9 Å². The highest BCUT2D eigenvalue weighted by atomic mass is 35.5. The molecule has 1 aliphatic rings. The molecule has 2 heterocycles. The molecule has 1 amide bonds.